The van der Waals surface area contributed by atoms with Crippen molar-refractivity contribution in [2.75, 3.05) is 0 Å². The molecule has 0 aliphatic carbocycles. The van der Waals surface area contributed by atoms with E-state index in [1.165, 1.54) is 32.7 Å². The van der Waals surface area contributed by atoms with Gasteiger partial charge in [-0.05, 0) is 6.92 Å². The predicted octanol–water partition coefficient (Wildman–Crippen LogP) is 11.5. The van der Waals surface area contributed by atoms with Crippen LogP contribution in [0.2, 0.25) is 0 Å². The van der Waals surface area contributed by atoms with Crippen molar-refractivity contribution in [3.05, 3.63) is 130 Å². The summed E-state index contributed by atoms with van der Waals surface area (Å²) in [7, 11) is 0. The summed E-state index contributed by atoms with van der Waals surface area (Å²) in [5.74, 6) is -0.460. The molecule has 0 bridgehead atoms. The molecule has 7 heteroatoms. The first-order valence-corrected chi connectivity index (χ1v) is 21.4. The number of hydrogen-bond acceptors (Lipinski definition) is 4. The normalized spacial score (nSPS) is 14.8. The Balaban J connectivity index is 0.00000140. The molecule has 306 valence electrons. The van der Waals surface area contributed by atoms with Gasteiger partial charge in [-0.3, -0.25) is 0 Å². The second-order valence-corrected chi connectivity index (χ2v) is 21.3. The average Bonchev–Trinajstić information content (AvgIpc) is 3.25. The van der Waals surface area contributed by atoms with Gasteiger partial charge in [-0.15, -0.1) is 0 Å². The van der Waals surface area contributed by atoms with Gasteiger partial charge in [-0.2, -0.15) is 0 Å². The number of rotatable bonds is 2. The van der Waals surface area contributed by atoms with Crippen LogP contribution in [0.25, 0.3) is 32.7 Å². The van der Waals surface area contributed by atoms with E-state index in [1.54, 1.807) is 0 Å². The number of aliphatic carboxylic acids is 1. The molecule has 0 atom stereocenters. The fourth-order valence-corrected chi connectivity index (χ4v) is 9.10. The average molecular weight is 828 g/mol. The van der Waals surface area contributed by atoms with E-state index in [9.17, 15) is 10.2 Å². The number of carbonyl (C=O) groups excluding carboxylic acids is 1. The van der Waals surface area contributed by atoms with Gasteiger partial charge in [0.15, 0.2) is 0 Å². The van der Waals surface area contributed by atoms with Gasteiger partial charge in [0, 0.05) is 5.97 Å². The number of aromatic hydroxyl groups is 2. The summed E-state index contributed by atoms with van der Waals surface area (Å²) < 4.78 is 4.70. The first-order chi connectivity index (χ1) is 27.4. The third kappa shape index (κ3) is 9.03. The zero-order chi connectivity index (χ0) is 43.4. The van der Waals surface area contributed by atoms with E-state index in [0.29, 0.717) is 11.5 Å². The van der Waals surface area contributed by atoms with Crippen LogP contribution in [0.15, 0.2) is 97.1 Å². The van der Waals surface area contributed by atoms with Crippen molar-refractivity contribution >= 4 is 51.3 Å². The van der Waals surface area contributed by atoms with Gasteiger partial charge in [0.05, 0.1) is 0 Å². The number of nitrogens with zero attached hydrogens (tertiary/aromatic N) is 2. The van der Waals surface area contributed by atoms with Gasteiger partial charge in [-0.25, -0.2) is 0 Å². The van der Waals surface area contributed by atoms with Gasteiger partial charge < -0.3 is 9.90 Å². The number of carboxylic acid groups (broad SMARTS) is 1. The SMILES string of the molecule is CC(=O)[O-].CC(C)(C)c1cc(C=[N+]2[Cr][N+](=Cc3cc(C(C)(C)C)cc(C(C)(C)C)c3O)c3ccc4ccccc4c3-c3c2ccc2ccccc32)c(O)c(C(C)(C)C)c1. The molecule has 0 aromatic heterocycles. The first-order valence-electron chi connectivity index (χ1n) is 20.3. The van der Waals surface area contributed by atoms with Gasteiger partial charge >= 0.3 is 336 Å². The maximum absolute atomic E-state index is 12.1. The quantitative estimate of drug-likeness (QED) is 0.182. The molecule has 0 saturated heterocycles. The topological polar surface area (TPSA) is 86.6 Å². The molecule has 6 aromatic carbocycles. The molecule has 0 amide bonds. The molecule has 0 spiro atoms. The zero-order valence-corrected chi connectivity index (χ0v) is 38.2. The number of carboxylic acids is 1. The van der Waals surface area contributed by atoms with Crippen molar-refractivity contribution in [2.45, 2.75) is 112 Å². The maximum atomic E-state index is 12.1. The summed E-state index contributed by atoms with van der Waals surface area (Å²) in [6.07, 6.45) is 4.32. The van der Waals surface area contributed by atoms with E-state index in [4.69, 9.17) is 9.90 Å². The molecule has 0 fully saturated rings. The van der Waals surface area contributed by atoms with E-state index >= 15 is 0 Å². The summed E-state index contributed by atoms with van der Waals surface area (Å²) in [6, 6.07) is 34.9. The molecule has 0 unspecified atom stereocenters. The van der Waals surface area contributed by atoms with E-state index in [0.717, 1.165) is 51.7 Å². The Morgan fingerprint density at radius 3 is 1.20 bits per heavy atom. The van der Waals surface area contributed by atoms with Crippen LogP contribution < -0.4 is 5.11 Å². The van der Waals surface area contributed by atoms with Gasteiger partial charge in [0.25, 0.3) is 0 Å². The molecule has 1 heterocycles. The van der Waals surface area contributed by atoms with E-state index in [-0.39, 0.29) is 21.7 Å². The van der Waals surface area contributed by atoms with Crippen LogP contribution in [-0.2, 0) is 42.1 Å². The number of hydrogen-bond donors (Lipinski definition) is 2. The Labute approximate surface area is 357 Å². The number of phenolic OH excluding ortho intramolecular Hbond substituents is 2. The van der Waals surface area contributed by atoms with Crippen molar-refractivity contribution in [3.63, 3.8) is 0 Å². The van der Waals surface area contributed by atoms with Crippen molar-refractivity contribution in [1.29, 1.82) is 0 Å². The van der Waals surface area contributed by atoms with E-state index in [1.807, 2.05) is 0 Å². The third-order valence-electron chi connectivity index (χ3n) is 10.9. The van der Waals surface area contributed by atoms with Crippen molar-refractivity contribution in [2.24, 2.45) is 0 Å². The fraction of sp³-hybridized carbons (Fsp3) is 0.327. The Morgan fingerprint density at radius 2 is 0.881 bits per heavy atom. The van der Waals surface area contributed by atoms with Crippen LogP contribution in [0.3, 0.4) is 0 Å². The van der Waals surface area contributed by atoms with Crippen LogP contribution in [-0.4, -0.2) is 35.7 Å². The Morgan fingerprint density at radius 1 is 0.542 bits per heavy atom. The number of carbonyl (C=O) groups is 1. The summed E-state index contributed by atoms with van der Waals surface area (Å²) >= 11 is -0.400. The van der Waals surface area contributed by atoms with Crippen molar-refractivity contribution in [1.82, 2.24) is 0 Å². The molecule has 1 aliphatic rings. The van der Waals surface area contributed by atoms with Crippen LogP contribution >= 0.6 is 0 Å². The Hall–Kier alpha value is -5.22. The molecule has 2 N–H and O–H groups in total. The predicted molar refractivity (Wildman–Crippen MR) is 239 cm³/mol. The summed E-state index contributed by atoms with van der Waals surface area (Å²) in [6.45, 7) is 27.3. The molecule has 6 aromatic rings. The second kappa shape index (κ2) is 15.8. The van der Waals surface area contributed by atoms with E-state index in [2.05, 4.69) is 200 Å². The first kappa shape index (κ1) is 43.4. The van der Waals surface area contributed by atoms with E-state index < -0.39 is 21.6 Å². The molecule has 6 nitrogen and oxygen atoms in total. The summed E-state index contributed by atoms with van der Waals surface area (Å²) in [5, 5.41) is 37.8. The van der Waals surface area contributed by atoms with Crippen molar-refractivity contribution < 1.29 is 42.9 Å². The summed E-state index contributed by atoms with van der Waals surface area (Å²) in [5.41, 5.74) is 9.51. The van der Waals surface area contributed by atoms with Crippen LogP contribution in [0.5, 0.6) is 11.5 Å². The molecule has 0 saturated carbocycles. The molecular formula is C52H59CrN2O4+. The zero-order valence-electron chi connectivity index (χ0n) is 36.9. The number of phenols is 2. The molecule has 7 rings (SSSR count). The van der Waals surface area contributed by atoms with Crippen LogP contribution in [0, 0.1) is 0 Å². The van der Waals surface area contributed by atoms with Gasteiger partial charge in [0.2, 0.25) is 0 Å². The Bertz CT molecular complexity index is 2500. The molecule has 1 aliphatic heterocycles. The standard InChI is InChI=1S/C50H56N2O2.C2H4O2.Cr/c1-47(2,3)35-25-33(45(53)39(27-35)49(7,8)9)29-51-41-23-21-31-17-13-15-19-37(31)43(41)44-38-20-16-14-18-32(38)22-24-42(44)52-30-34-26-36(48(4,5)6)28-40(46(34)54)50(10,11)12;1-2(3)4;/h13-30,53-54H,1-12H3;1H3,(H,3,4);/q;;+2/p-1. The van der Waals surface area contributed by atoms with Gasteiger partial charge in [0.1, 0.15) is 0 Å². The van der Waals surface area contributed by atoms with Crippen LogP contribution in [0.4, 0.5) is 11.4 Å². The molecular weight excluding hydrogens is 769 g/mol. The third-order valence-corrected chi connectivity index (χ3v) is 12.3. The van der Waals surface area contributed by atoms with Gasteiger partial charge in [-0.1, -0.05) is 0 Å². The van der Waals surface area contributed by atoms with Crippen LogP contribution in [0.1, 0.15) is 123 Å². The minimum absolute atomic E-state index is 0.121. The fourth-order valence-electron chi connectivity index (χ4n) is 7.55. The number of fused-ring (bicyclic) bond motifs is 7. The Kier molecular flexibility index (Phi) is 11.6. The summed E-state index contributed by atoms with van der Waals surface area (Å²) in [4.78, 5) is 8.89. The van der Waals surface area contributed by atoms with Crippen molar-refractivity contribution in [3.8, 4) is 22.6 Å². The minimum atomic E-state index is -1.08. The second-order valence-electron chi connectivity index (χ2n) is 19.8. The number of benzene rings is 6. The molecule has 59 heavy (non-hydrogen) atoms. The monoisotopic (exact) mass is 827 g/mol. The molecule has 0 radical (unpaired) electrons.